The van der Waals surface area contributed by atoms with Gasteiger partial charge in [0.25, 0.3) is 5.56 Å². The Morgan fingerprint density at radius 3 is 3.04 bits per heavy atom. The number of para-hydroxylation sites is 1. The number of aromatic nitrogens is 4. The fourth-order valence-electron chi connectivity index (χ4n) is 3.33. The number of carbonyl (C=O) groups is 1. The van der Waals surface area contributed by atoms with Crippen molar-refractivity contribution in [2.24, 2.45) is 0 Å². The summed E-state index contributed by atoms with van der Waals surface area (Å²) in [7, 11) is 0. The molecule has 0 saturated carbocycles. The predicted molar refractivity (Wildman–Crippen MR) is 108 cm³/mol. The SMILES string of the molecule is C=CCn1c(=O)c2ccccc2n2c(SCC(=O)NCC3CCCO3)nnc12. The number of benzene rings is 1. The Labute approximate surface area is 165 Å². The second-order valence-corrected chi connectivity index (χ2v) is 7.51. The molecule has 1 amide bonds. The fourth-order valence-corrected chi connectivity index (χ4v) is 4.10. The molecule has 1 aliphatic rings. The van der Waals surface area contributed by atoms with Crippen LogP contribution in [0.4, 0.5) is 0 Å². The van der Waals surface area contributed by atoms with Gasteiger partial charge in [0.05, 0.1) is 22.8 Å². The molecule has 1 unspecified atom stereocenters. The van der Waals surface area contributed by atoms with E-state index in [0.29, 0.717) is 29.4 Å². The fraction of sp³-hybridized carbons (Fsp3) is 0.368. The van der Waals surface area contributed by atoms with E-state index in [9.17, 15) is 9.59 Å². The van der Waals surface area contributed by atoms with Crippen molar-refractivity contribution in [3.8, 4) is 0 Å². The molecule has 1 N–H and O–H groups in total. The molecule has 1 atom stereocenters. The zero-order chi connectivity index (χ0) is 19.5. The van der Waals surface area contributed by atoms with Crippen LogP contribution in [0, 0.1) is 0 Å². The van der Waals surface area contributed by atoms with E-state index in [-0.39, 0.29) is 23.3 Å². The molecule has 8 nitrogen and oxygen atoms in total. The van der Waals surface area contributed by atoms with Crippen LogP contribution in [0.3, 0.4) is 0 Å². The minimum absolute atomic E-state index is 0.0824. The molecule has 1 aliphatic heterocycles. The monoisotopic (exact) mass is 399 g/mol. The highest BCUT2D eigenvalue weighted by Crippen LogP contribution is 2.21. The molecule has 2 aromatic heterocycles. The van der Waals surface area contributed by atoms with Crippen molar-refractivity contribution in [2.45, 2.75) is 30.6 Å². The zero-order valence-corrected chi connectivity index (χ0v) is 16.2. The second kappa shape index (κ2) is 8.15. The maximum atomic E-state index is 12.8. The van der Waals surface area contributed by atoms with Gasteiger partial charge in [0.15, 0.2) is 5.16 Å². The molecule has 0 aliphatic carbocycles. The molecule has 0 spiro atoms. The number of thioether (sulfide) groups is 1. The predicted octanol–water partition coefficient (Wildman–Crippen LogP) is 1.62. The number of allylic oxidation sites excluding steroid dienone is 1. The van der Waals surface area contributed by atoms with E-state index in [2.05, 4.69) is 22.1 Å². The topological polar surface area (TPSA) is 90.5 Å². The molecule has 0 radical (unpaired) electrons. The van der Waals surface area contributed by atoms with Crippen LogP contribution in [0.5, 0.6) is 0 Å². The first-order valence-electron chi connectivity index (χ1n) is 9.17. The van der Waals surface area contributed by atoms with Gasteiger partial charge in [-0.1, -0.05) is 30.0 Å². The Kier molecular flexibility index (Phi) is 5.45. The van der Waals surface area contributed by atoms with Crippen LogP contribution in [0.25, 0.3) is 16.7 Å². The van der Waals surface area contributed by atoms with Gasteiger partial charge in [-0.2, -0.15) is 0 Å². The van der Waals surface area contributed by atoms with Gasteiger partial charge >= 0.3 is 0 Å². The molecule has 3 aromatic rings. The third-order valence-corrected chi connectivity index (χ3v) is 5.60. The Bertz CT molecular complexity index is 1080. The summed E-state index contributed by atoms with van der Waals surface area (Å²) in [4.78, 5) is 25.0. The van der Waals surface area contributed by atoms with Crippen molar-refractivity contribution in [1.29, 1.82) is 0 Å². The number of hydrogen-bond acceptors (Lipinski definition) is 6. The minimum atomic E-state index is -0.138. The highest BCUT2D eigenvalue weighted by atomic mass is 32.2. The molecular weight excluding hydrogens is 378 g/mol. The first-order valence-corrected chi connectivity index (χ1v) is 10.2. The highest BCUT2D eigenvalue weighted by molar-refractivity contribution is 7.99. The van der Waals surface area contributed by atoms with Gasteiger partial charge in [-0.3, -0.25) is 18.6 Å². The van der Waals surface area contributed by atoms with Gasteiger partial charge in [0.2, 0.25) is 11.7 Å². The van der Waals surface area contributed by atoms with Gasteiger partial charge in [0, 0.05) is 19.7 Å². The first-order chi connectivity index (χ1) is 13.7. The van der Waals surface area contributed by atoms with Crippen LogP contribution in [0.15, 0.2) is 46.9 Å². The van der Waals surface area contributed by atoms with Gasteiger partial charge in [-0.25, -0.2) is 0 Å². The Morgan fingerprint density at radius 1 is 1.39 bits per heavy atom. The zero-order valence-electron chi connectivity index (χ0n) is 15.3. The molecule has 1 fully saturated rings. The molecule has 146 valence electrons. The summed E-state index contributed by atoms with van der Waals surface area (Å²) in [6, 6.07) is 7.32. The van der Waals surface area contributed by atoms with Crippen LogP contribution in [-0.4, -0.2) is 50.1 Å². The molecule has 1 aromatic carbocycles. The number of nitrogens with one attached hydrogen (secondary N) is 1. The molecule has 4 rings (SSSR count). The maximum Gasteiger partial charge on any atom is 0.263 e. The summed E-state index contributed by atoms with van der Waals surface area (Å²) in [5.41, 5.74) is 0.580. The van der Waals surface area contributed by atoms with Crippen molar-refractivity contribution >= 4 is 34.3 Å². The van der Waals surface area contributed by atoms with Gasteiger partial charge in [-0.05, 0) is 25.0 Å². The number of rotatable bonds is 7. The molecule has 0 bridgehead atoms. The number of carbonyl (C=O) groups excluding carboxylic acids is 1. The van der Waals surface area contributed by atoms with E-state index < -0.39 is 0 Å². The lowest BCUT2D eigenvalue weighted by Gasteiger charge is -2.11. The van der Waals surface area contributed by atoms with Gasteiger partial charge in [-0.15, -0.1) is 16.8 Å². The van der Waals surface area contributed by atoms with E-state index in [1.54, 1.807) is 12.1 Å². The number of hydrogen-bond donors (Lipinski definition) is 1. The van der Waals surface area contributed by atoms with Crippen molar-refractivity contribution in [3.63, 3.8) is 0 Å². The smallest absolute Gasteiger partial charge is 0.263 e. The summed E-state index contributed by atoms with van der Waals surface area (Å²) in [6.07, 6.45) is 3.78. The molecule has 28 heavy (non-hydrogen) atoms. The summed E-state index contributed by atoms with van der Waals surface area (Å²) in [5, 5.41) is 12.4. The Balaban J connectivity index is 1.60. The summed E-state index contributed by atoms with van der Waals surface area (Å²) < 4.78 is 8.87. The van der Waals surface area contributed by atoms with Crippen molar-refractivity contribution < 1.29 is 9.53 Å². The average Bonchev–Trinajstić information content (AvgIpc) is 3.38. The average molecular weight is 399 g/mol. The summed E-state index contributed by atoms with van der Waals surface area (Å²) in [5.74, 6) is 0.564. The minimum Gasteiger partial charge on any atom is -0.376 e. The second-order valence-electron chi connectivity index (χ2n) is 6.57. The van der Waals surface area contributed by atoms with Crippen molar-refractivity contribution in [3.05, 3.63) is 47.3 Å². The third kappa shape index (κ3) is 3.55. The lowest BCUT2D eigenvalue weighted by atomic mass is 10.2. The normalized spacial score (nSPS) is 16.6. The molecule has 9 heteroatoms. The summed E-state index contributed by atoms with van der Waals surface area (Å²) >= 11 is 1.29. The molecule has 3 heterocycles. The molecular formula is C19H21N5O3S. The maximum absolute atomic E-state index is 12.8. The van der Waals surface area contributed by atoms with Crippen molar-refractivity contribution in [1.82, 2.24) is 24.5 Å². The quantitative estimate of drug-likeness (QED) is 0.480. The van der Waals surface area contributed by atoms with E-state index >= 15 is 0 Å². The third-order valence-electron chi connectivity index (χ3n) is 4.67. The van der Waals surface area contributed by atoms with E-state index in [1.807, 2.05) is 22.6 Å². The van der Waals surface area contributed by atoms with Crippen LogP contribution < -0.4 is 10.9 Å². The Morgan fingerprint density at radius 2 is 2.25 bits per heavy atom. The van der Waals surface area contributed by atoms with E-state index in [0.717, 1.165) is 25.0 Å². The number of fused-ring (bicyclic) bond motifs is 3. The lowest BCUT2D eigenvalue weighted by molar-refractivity contribution is -0.119. The number of ether oxygens (including phenoxy) is 1. The van der Waals surface area contributed by atoms with E-state index in [1.165, 1.54) is 16.3 Å². The standard InChI is InChI=1S/C19H21N5O3S/c1-2-9-23-17(26)14-7-3-4-8-15(14)24-18(23)21-22-19(24)28-12-16(25)20-11-13-6-5-10-27-13/h2-4,7-8,13H,1,5-6,9-12H2,(H,20,25). The highest BCUT2D eigenvalue weighted by Gasteiger charge is 2.18. The lowest BCUT2D eigenvalue weighted by Crippen LogP contribution is -2.32. The van der Waals surface area contributed by atoms with Gasteiger partial charge < -0.3 is 10.1 Å². The van der Waals surface area contributed by atoms with Crippen LogP contribution in [-0.2, 0) is 16.1 Å². The first kappa shape index (κ1) is 18.7. The van der Waals surface area contributed by atoms with Gasteiger partial charge in [0.1, 0.15) is 0 Å². The van der Waals surface area contributed by atoms with Crippen LogP contribution in [0.2, 0.25) is 0 Å². The summed E-state index contributed by atoms with van der Waals surface area (Å²) in [6.45, 7) is 5.34. The number of amides is 1. The van der Waals surface area contributed by atoms with E-state index in [4.69, 9.17) is 4.74 Å². The van der Waals surface area contributed by atoms with Crippen LogP contribution in [0.1, 0.15) is 12.8 Å². The number of nitrogens with zero attached hydrogens (tertiary/aromatic N) is 4. The van der Waals surface area contributed by atoms with Crippen LogP contribution >= 0.6 is 11.8 Å². The largest absolute Gasteiger partial charge is 0.376 e. The Hall–Kier alpha value is -2.65. The van der Waals surface area contributed by atoms with Crippen molar-refractivity contribution in [2.75, 3.05) is 18.9 Å². The molecule has 1 saturated heterocycles.